The molecule has 0 heterocycles. The van der Waals surface area contributed by atoms with Crippen LogP contribution in [0.5, 0.6) is 0 Å². The van der Waals surface area contributed by atoms with Crippen molar-refractivity contribution in [3.05, 3.63) is 35.4 Å². The predicted molar refractivity (Wildman–Crippen MR) is 89.2 cm³/mol. The zero-order chi connectivity index (χ0) is 17.5. The van der Waals surface area contributed by atoms with Crippen LogP contribution in [-0.2, 0) is 20.9 Å². The maximum Gasteiger partial charge on any atom is 0.407 e. The molecule has 0 unspecified atom stereocenters. The third-order valence-electron chi connectivity index (χ3n) is 3.04. The van der Waals surface area contributed by atoms with Crippen molar-refractivity contribution in [3.63, 3.8) is 0 Å². The Kier molecular flexibility index (Phi) is 7.07. The molecule has 1 rings (SSSR count). The normalized spacial score (nSPS) is 11.2. The second kappa shape index (κ2) is 8.56. The number of hydrogen-bond acceptors (Lipinski definition) is 4. The Morgan fingerprint density at radius 3 is 2.26 bits per heavy atom. The molecule has 0 spiro atoms. The van der Waals surface area contributed by atoms with Crippen molar-refractivity contribution in [1.82, 2.24) is 5.32 Å². The first-order chi connectivity index (χ1) is 10.7. The highest BCUT2D eigenvalue weighted by atomic mass is 16.6. The number of alkyl carbamates (subject to hydrolysis) is 1. The van der Waals surface area contributed by atoms with Crippen LogP contribution in [0.2, 0.25) is 0 Å². The van der Waals surface area contributed by atoms with Crippen molar-refractivity contribution in [2.75, 3.05) is 6.54 Å². The fourth-order valence-electron chi connectivity index (χ4n) is 1.82. The lowest BCUT2D eigenvalue weighted by Crippen LogP contribution is -2.33. The van der Waals surface area contributed by atoms with E-state index in [2.05, 4.69) is 19.2 Å². The van der Waals surface area contributed by atoms with Gasteiger partial charge in [-0.15, -0.1) is 0 Å². The Hall–Kier alpha value is -2.04. The zero-order valence-electron chi connectivity index (χ0n) is 14.6. The third-order valence-corrected chi connectivity index (χ3v) is 3.04. The van der Waals surface area contributed by atoms with Crippen LogP contribution in [0.25, 0.3) is 0 Å². The first-order valence-electron chi connectivity index (χ1n) is 7.88. The van der Waals surface area contributed by atoms with Gasteiger partial charge >= 0.3 is 12.1 Å². The van der Waals surface area contributed by atoms with Gasteiger partial charge in [0.05, 0.1) is 6.42 Å². The van der Waals surface area contributed by atoms with Crippen LogP contribution in [-0.4, -0.2) is 24.2 Å². The van der Waals surface area contributed by atoms with E-state index in [0.717, 1.165) is 5.56 Å². The molecule has 0 radical (unpaired) electrons. The molecule has 128 valence electrons. The quantitative estimate of drug-likeness (QED) is 0.810. The van der Waals surface area contributed by atoms with Crippen molar-refractivity contribution >= 4 is 12.1 Å². The Bertz CT molecular complexity index is 515. The van der Waals surface area contributed by atoms with Gasteiger partial charge in [0.1, 0.15) is 12.2 Å². The van der Waals surface area contributed by atoms with Crippen molar-refractivity contribution < 1.29 is 19.1 Å². The van der Waals surface area contributed by atoms with Gasteiger partial charge in [-0.1, -0.05) is 38.1 Å². The third kappa shape index (κ3) is 8.24. The van der Waals surface area contributed by atoms with E-state index in [1.54, 1.807) is 20.8 Å². The molecule has 0 aliphatic rings. The number of amides is 1. The van der Waals surface area contributed by atoms with E-state index in [9.17, 15) is 9.59 Å². The molecule has 0 aliphatic carbocycles. The summed E-state index contributed by atoms with van der Waals surface area (Å²) in [5.74, 6) is 0.125. The fourth-order valence-corrected chi connectivity index (χ4v) is 1.82. The summed E-state index contributed by atoms with van der Waals surface area (Å²) in [7, 11) is 0. The largest absolute Gasteiger partial charge is 0.461 e. The molecule has 23 heavy (non-hydrogen) atoms. The summed E-state index contributed by atoms with van der Waals surface area (Å²) in [6.07, 6.45) is -0.418. The van der Waals surface area contributed by atoms with Gasteiger partial charge in [0.2, 0.25) is 0 Å². The molecule has 0 saturated heterocycles. The van der Waals surface area contributed by atoms with Crippen LogP contribution in [0.4, 0.5) is 4.79 Å². The molecule has 0 atom stereocenters. The molecule has 5 nitrogen and oxygen atoms in total. The lowest BCUT2D eigenvalue weighted by Gasteiger charge is -2.19. The molecule has 1 N–H and O–H groups in total. The van der Waals surface area contributed by atoms with Crippen molar-refractivity contribution in [1.29, 1.82) is 0 Å². The zero-order valence-corrected chi connectivity index (χ0v) is 14.6. The van der Waals surface area contributed by atoms with Gasteiger partial charge in [-0.05, 0) is 37.8 Å². The van der Waals surface area contributed by atoms with E-state index in [1.165, 1.54) is 5.56 Å². The average molecular weight is 321 g/mol. The van der Waals surface area contributed by atoms with E-state index in [0.29, 0.717) is 5.92 Å². The van der Waals surface area contributed by atoms with Gasteiger partial charge in [-0.3, -0.25) is 4.79 Å². The number of rotatable bonds is 6. The SMILES string of the molecule is CC(C)c1ccc(COC(=O)CCNC(=O)OC(C)(C)C)cc1. The minimum Gasteiger partial charge on any atom is -0.461 e. The molecule has 0 aliphatic heterocycles. The Labute approximate surface area is 138 Å². The van der Waals surface area contributed by atoms with Crippen LogP contribution in [0.15, 0.2) is 24.3 Å². The van der Waals surface area contributed by atoms with Crippen molar-refractivity contribution in [2.45, 2.75) is 59.2 Å². The molecular formula is C18H27NO4. The standard InChI is InChI=1S/C18H27NO4/c1-13(2)15-8-6-14(7-9-15)12-22-16(20)10-11-19-17(21)23-18(3,4)5/h6-9,13H,10-12H2,1-5H3,(H,19,21). The van der Waals surface area contributed by atoms with Gasteiger partial charge < -0.3 is 14.8 Å². The summed E-state index contributed by atoms with van der Waals surface area (Å²) >= 11 is 0. The van der Waals surface area contributed by atoms with Gasteiger partial charge in [0.15, 0.2) is 0 Å². The lowest BCUT2D eigenvalue weighted by molar-refractivity contribution is -0.144. The summed E-state index contributed by atoms with van der Waals surface area (Å²) in [6.45, 7) is 10.0. The van der Waals surface area contributed by atoms with Crippen LogP contribution in [0.1, 0.15) is 58.1 Å². The lowest BCUT2D eigenvalue weighted by atomic mass is 10.0. The molecule has 0 saturated carbocycles. The van der Waals surface area contributed by atoms with Crippen molar-refractivity contribution in [3.8, 4) is 0 Å². The van der Waals surface area contributed by atoms with E-state index in [4.69, 9.17) is 9.47 Å². The average Bonchev–Trinajstić information content (AvgIpc) is 2.43. The van der Waals surface area contributed by atoms with E-state index >= 15 is 0 Å². The Balaban J connectivity index is 2.25. The summed E-state index contributed by atoms with van der Waals surface area (Å²) in [5.41, 5.74) is 1.65. The monoisotopic (exact) mass is 321 g/mol. The number of benzene rings is 1. The first kappa shape index (κ1) is 19.0. The molecule has 0 aromatic heterocycles. The number of esters is 1. The second-order valence-corrected chi connectivity index (χ2v) is 6.74. The van der Waals surface area contributed by atoms with Gasteiger partial charge in [-0.25, -0.2) is 4.79 Å². The van der Waals surface area contributed by atoms with Crippen LogP contribution < -0.4 is 5.32 Å². The molecule has 0 bridgehead atoms. The van der Waals surface area contributed by atoms with Gasteiger partial charge in [0.25, 0.3) is 0 Å². The number of nitrogens with one attached hydrogen (secondary N) is 1. The molecule has 5 heteroatoms. The van der Waals surface area contributed by atoms with E-state index in [1.807, 2.05) is 24.3 Å². The Morgan fingerprint density at radius 2 is 1.74 bits per heavy atom. The van der Waals surface area contributed by atoms with E-state index in [-0.39, 0.29) is 25.5 Å². The van der Waals surface area contributed by atoms with Crippen LogP contribution in [0, 0.1) is 0 Å². The molecule has 1 aromatic carbocycles. The molecular weight excluding hydrogens is 294 g/mol. The van der Waals surface area contributed by atoms with Crippen LogP contribution >= 0.6 is 0 Å². The highest BCUT2D eigenvalue weighted by Crippen LogP contribution is 2.15. The molecule has 1 aromatic rings. The highest BCUT2D eigenvalue weighted by molar-refractivity contribution is 5.72. The van der Waals surface area contributed by atoms with Gasteiger partial charge in [0, 0.05) is 6.54 Å². The summed E-state index contributed by atoms with van der Waals surface area (Å²) in [5, 5.41) is 2.53. The minimum absolute atomic E-state index is 0.114. The number of hydrogen-bond donors (Lipinski definition) is 1. The minimum atomic E-state index is -0.549. The summed E-state index contributed by atoms with van der Waals surface area (Å²) in [4.78, 5) is 23.1. The summed E-state index contributed by atoms with van der Waals surface area (Å²) < 4.78 is 10.3. The van der Waals surface area contributed by atoms with Gasteiger partial charge in [-0.2, -0.15) is 0 Å². The first-order valence-corrected chi connectivity index (χ1v) is 7.88. The second-order valence-electron chi connectivity index (χ2n) is 6.74. The number of carbonyl (C=O) groups is 2. The van der Waals surface area contributed by atoms with Crippen molar-refractivity contribution in [2.24, 2.45) is 0 Å². The summed E-state index contributed by atoms with van der Waals surface area (Å²) in [6, 6.07) is 8.00. The maximum absolute atomic E-state index is 11.6. The maximum atomic E-state index is 11.6. The topological polar surface area (TPSA) is 64.6 Å². The molecule has 1 amide bonds. The fraction of sp³-hybridized carbons (Fsp3) is 0.556. The van der Waals surface area contributed by atoms with Crippen LogP contribution in [0.3, 0.4) is 0 Å². The predicted octanol–water partition coefficient (Wildman–Crippen LogP) is 3.77. The molecule has 0 fully saturated rings. The smallest absolute Gasteiger partial charge is 0.407 e. The Morgan fingerprint density at radius 1 is 1.13 bits per heavy atom. The number of carbonyl (C=O) groups excluding carboxylic acids is 2. The number of ether oxygens (including phenoxy) is 2. The highest BCUT2D eigenvalue weighted by Gasteiger charge is 2.16. The van der Waals surface area contributed by atoms with E-state index < -0.39 is 11.7 Å².